The topological polar surface area (TPSA) is 66.7 Å². The van der Waals surface area contributed by atoms with Crippen LogP contribution in [0.1, 0.15) is 68.2 Å². The molecular weight excluding hydrogens is 385 g/mol. The minimum Gasteiger partial charge on any atom is -0.443 e. The lowest BCUT2D eigenvalue weighted by atomic mass is 10.0. The second-order valence-electron chi connectivity index (χ2n) is 8.20. The van der Waals surface area contributed by atoms with Crippen LogP contribution >= 0.6 is 0 Å². The minimum absolute atomic E-state index is 0.0418. The Balaban J connectivity index is 1.45. The minimum atomic E-state index is -0.278. The Morgan fingerprint density at radius 2 is 2.03 bits per heavy atom. The lowest BCUT2D eigenvalue weighted by Gasteiger charge is -2.35. The first kappa shape index (κ1) is 20.6. The molecule has 2 saturated heterocycles. The van der Waals surface area contributed by atoms with Gasteiger partial charge in [0, 0.05) is 25.9 Å². The zero-order valence-corrected chi connectivity index (χ0v) is 17.2. The van der Waals surface area contributed by atoms with Gasteiger partial charge in [0.05, 0.1) is 12.7 Å². The van der Waals surface area contributed by atoms with E-state index in [0.717, 1.165) is 44.1 Å². The summed E-state index contributed by atoms with van der Waals surface area (Å²) in [6.07, 6.45) is 8.26. The van der Waals surface area contributed by atoms with Crippen LogP contribution in [-0.2, 0) is 16.0 Å². The molecule has 2 aliphatic heterocycles. The smallest absolute Gasteiger partial charge is 0.242 e. The number of carbonyl (C=O) groups excluding carboxylic acids is 2. The Labute approximate surface area is 176 Å². The number of hydrogen-bond acceptors (Lipinski definition) is 4. The van der Waals surface area contributed by atoms with Crippen molar-refractivity contribution in [3.8, 4) is 0 Å². The molecule has 0 radical (unpaired) electrons. The first-order chi connectivity index (χ1) is 14.6. The third-order valence-corrected chi connectivity index (χ3v) is 5.94. The summed E-state index contributed by atoms with van der Waals surface area (Å²) in [5, 5.41) is 0. The molecule has 2 aromatic rings. The highest BCUT2D eigenvalue weighted by Gasteiger charge is 2.33. The fourth-order valence-corrected chi connectivity index (χ4v) is 4.35. The van der Waals surface area contributed by atoms with E-state index in [9.17, 15) is 14.0 Å². The van der Waals surface area contributed by atoms with Crippen LogP contribution in [0.25, 0.3) is 0 Å². The van der Waals surface area contributed by atoms with Gasteiger partial charge in [0.25, 0.3) is 0 Å². The van der Waals surface area contributed by atoms with E-state index >= 15 is 0 Å². The Kier molecular flexibility index (Phi) is 6.45. The van der Waals surface area contributed by atoms with E-state index in [4.69, 9.17) is 4.42 Å². The summed E-state index contributed by atoms with van der Waals surface area (Å²) in [6.45, 7) is 1.43. The molecule has 2 fully saturated rings. The number of aromatic nitrogens is 1. The quantitative estimate of drug-likeness (QED) is 0.747. The summed E-state index contributed by atoms with van der Waals surface area (Å²) < 4.78 is 19.4. The van der Waals surface area contributed by atoms with E-state index in [0.29, 0.717) is 37.6 Å². The summed E-state index contributed by atoms with van der Waals surface area (Å²) in [5.74, 6) is 0.926. The molecule has 2 aliphatic rings. The Hall–Kier alpha value is -2.70. The van der Waals surface area contributed by atoms with Gasteiger partial charge in [-0.3, -0.25) is 9.59 Å². The van der Waals surface area contributed by atoms with Gasteiger partial charge < -0.3 is 14.2 Å². The fraction of sp³-hybridized carbons (Fsp3) is 0.522. The summed E-state index contributed by atoms with van der Waals surface area (Å²) in [6, 6.07) is 6.20. The van der Waals surface area contributed by atoms with Crippen molar-refractivity contribution in [3.63, 3.8) is 0 Å². The molecule has 0 aliphatic carbocycles. The van der Waals surface area contributed by atoms with Crippen molar-refractivity contribution in [2.45, 2.75) is 57.4 Å². The predicted molar refractivity (Wildman–Crippen MR) is 109 cm³/mol. The molecular formula is C23H28FN3O3. The fourth-order valence-electron chi connectivity index (χ4n) is 4.35. The van der Waals surface area contributed by atoms with E-state index in [2.05, 4.69) is 4.98 Å². The van der Waals surface area contributed by atoms with E-state index < -0.39 is 0 Å². The van der Waals surface area contributed by atoms with Crippen molar-refractivity contribution in [2.75, 3.05) is 19.6 Å². The van der Waals surface area contributed by atoms with E-state index in [-0.39, 0.29) is 30.2 Å². The second kappa shape index (κ2) is 9.41. The summed E-state index contributed by atoms with van der Waals surface area (Å²) >= 11 is 0. The standard InChI is InChI=1S/C23H28FN3O3/c24-18-8-6-7-17(13-18)14-19-15-25-23(30-19)20-9-3-5-12-27(20)22(29)16-26-11-4-1-2-10-21(26)28/h6-8,13,15,20H,1-5,9-12,14,16H2/t20-/m0/s1. The number of piperidine rings is 1. The van der Waals surface area contributed by atoms with Crippen molar-refractivity contribution in [1.29, 1.82) is 0 Å². The zero-order valence-electron chi connectivity index (χ0n) is 17.2. The van der Waals surface area contributed by atoms with Crippen LogP contribution in [-0.4, -0.2) is 46.2 Å². The molecule has 0 N–H and O–H groups in total. The van der Waals surface area contributed by atoms with Gasteiger partial charge in [-0.1, -0.05) is 18.6 Å². The average Bonchev–Trinajstić information content (AvgIpc) is 3.11. The highest BCUT2D eigenvalue weighted by molar-refractivity contribution is 5.85. The number of benzene rings is 1. The molecule has 0 bridgehead atoms. The van der Waals surface area contributed by atoms with Crippen LogP contribution < -0.4 is 0 Å². The molecule has 0 spiro atoms. The molecule has 1 aromatic carbocycles. The molecule has 30 heavy (non-hydrogen) atoms. The second-order valence-corrected chi connectivity index (χ2v) is 8.20. The van der Waals surface area contributed by atoms with Gasteiger partial charge in [-0.05, 0) is 49.8 Å². The van der Waals surface area contributed by atoms with Crippen molar-refractivity contribution in [1.82, 2.24) is 14.8 Å². The number of likely N-dealkylation sites (tertiary alicyclic amines) is 2. The lowest BCUT2D eigenvalue weighted by molar-refractivity contribution is -0.143. The first-order valence-electron chi connectivity index (χ1n) is 10.9. The van der Waals surface area contributed by atoms with Crippen LogP contribution in [0.2, 0.25) is 0 Å². The molecule has 7 heteroatoms. The maximum atomic E-state index is 13.4. The molecule has 2 amide bonds. The summed E-state index contributed by atoms with van der Waals surface area (Å²) in [7, 11) is 0. The van der Waals surface area contributed by atoms with Gasteiger partial charge in [-0.2, -0.15) is 0 Å². The number of hydrogen-bond donors (Lipinski definition) is 0. The number of nitrogens with zero attached hydrogens (tertiary/aromatic N) is 3. The van der Waals surface area contributed by atoms with E-state index in [1.54, 1.807) is 17.2 Å². The van der Waals surface area contributed by atoms with Crippen molar-refractivity contribution >= 4 is 11.8 Å². The Bertz CT molecular complexity index is 897. The maximum Gasteiger partial charge on any atom is 0.242 e. The molecule has 4 rings (SSSR count). The van der Waals surface area contributed by atoms with Crippen molar-refractivity contribution < 1.29 is 18.4 Å². The predicted octanol–water partition coefficient (Wildman–Crippen LogP) is 3.86. The maximum absolute atomic E-state index is 13.4. The van der Waals surface area contributed by atoms with E-state index in [1.165, 1.54) is 12.1 Å². The average molecular weight is 413 g/mol. The monoisotopic (exact) mass is 413 g/mol. The first-order valence-corrected chi connectivity index (χ1v) is 10.9. The van der Waals surface area contributed by atoms with Gasteiger partial charge >= 0.3 is 0 Å². The SMILES string of the molecule is O=C1CCCCCN1CC(=O)N1CCCC[C@H]1c1ncc(Cc2cccc(F)c2)o1. The Morgan fingerprint density at radius 3 is 2.90 bits per heavy atom. The van der Waals surface area contributed by atoms with Gasteiger partial charge in [-0.15, -0.1) is 0 Å². The van der Waals surface area contributed by atoms with Crippen LogP contribution in [0.4, 0.5) is 4.39 Å². The molecule has 3 heterocycles. The van der Waals surface area contributed by atoms with Crippen molar-refractivity contribution in [3.05, 3.63) is 53.5 Å². The third-order valence-electron chi connectivity index (χ3n) is 5.94. The van der Waals surface area contributed by atoms with Crippen LogP contribution in [0.15, 0.2) is 34.9 Å². The van der Waals surface area contributed by atoms with Gasteiger partial charge in [0.2, 0.25) is 17.7 Å². The normalized spacial score (nSPS) is 20.3. The summed E-state index contributed by atoms with van der Waals surface area (Å²) in [5.41, 5.74) is 0.814. The van der Waals surface area contributed by atoms with E-state index in [1.807, 2.05) is 11.0 Å². The zero-order chi connectivity index (χ0) is 20.9. The van der Waals surface area contributed by atoms with Gasteiger partial charge in [0.1, 0.15) is 17.6 Å². The number of halogens is 1. The molecule has 1 aromatic heterocycles. The molecule has 160 valence electrons. The van der Waals surface area contributed by atoms with Crippen molar-refractivity contribution in [2.24, 2.45) is 0 Å². The largest absolute Gasteiger partial charge is 0.443 e. The highest BCUT2D eigenvalue weighted by Crippen LogP contribution is 2.31. The number of oxazole rings is 1. The van der Waals surface area contributed by atoms with Gasteiger partial charge in [0.15, 0.2) is 0 Å². The van der Waals surface area contributed by atoms with Crippen LogP contribution in [0.3, 0.4) is 0 Å². The summed E-state index contributed by atoms with van der Waals surface area (Å²) in [4.78, 5) is 33.3. The highest BCUT2D eigenvalue weighted by atomic mass is 19.1. The molecule has 0 unspecified atom stereocenters. The Morgan fingerprint density at radius 1 is 1.17 bits per heavy atom. The number of carbonyl (C=O) groups is 2. The number of rotatable bonds is 5. The van der Waals surface area contributed by atoms with Crippen LogP contribution in [0.5, 0.6) is 0 Å². The van der Waals surface area contributed by atoms with Crippen LogP contribution in [0, 0.1) is 5.82 Å². The van der Waals surface area contributed by atoms with Gasteiger partial charge in [-0.25, -0.2) is 9.37 Å². The number of amides is 2. The third kappa shape index (κ3) is 4.89. The molecule has 0 saturated carbocycles. The molecule has 6 nitrogen and oxygen atoms in total. The lowest BCUT2D eigenvalue weighted by Crippen LogP contribution is -2.46. The molecule has 1 atom stereocenters.